The van der Waals surface area contributed by atoms with Gasteiger partial charge in [-0.25, -0.2) is 4.39 Å². The van der Waals surface area contributed by atoms with Crippen LogP contribution in [0.1, 0.15) is 17.2 Å². The number of halogens is 2. The van der Waals surface area contributed by atoms with Gasteiger partial charge in [-0.1, -0.05) is 42.5 Å². The van der Waals surface area contributed by atoms with E-state index in [2.05, 4.69) is 15.9 Å². The first-order valence-electron chi connectivity index (χ1n) is 5.42. The van der Waals surface area contributed by atoms with Crippen LogP contribution in [0.2, 0.25) is 0 Å². The predicted molar refractivity (Wildman–Crippen MR) is 71.2 cm³/mol. The Labute approximate surface area is 109 Å². The molecule has 0 aliphatic carbocycles. The molecule has 2 rings (SSSR count). The zero-order chi connectivity index (χ0) is 12.3. The van der Waals surface area contributed by atoms with Crippen LogP contribution in [-0.2, 0) is 6.42 Å². The largest absolute Gasteiger partial charge is 0.324 e. The molecule has 1 atom stereocenters. The Morgan fingerprint density at radius 3 is 2.47 bits per heavy atom. The van der Waals surface area contributed by atoms with Gasteiger partial charge in [-0.05, 0) is 39.5 Å². The van der Waals surface area contributed by atoms with Crippen LogP contribution in [0.25, 0.3) is 0 Å². The zero-order valence-electron chi connectivity index (χ0n) is 9.24. The highest BCUT2D eigenvalue weighted by Gasteiger charge is 2.12. The molecule has 2 N–H and O–H groups in total. The van der Waals surface area contributed by atoms with Gasteiger partial charge in [-0.15, -0.1) is 0 Å². The van der Waals surface area contributed by atoms with Crippen molar-refractivity contribution in [3.05, 3.63) is 69.9 Å². The van der Waals surface area contributed by atoms with Gasteiger partial charge in [0, 0.05) is 6.04 Å². The van der Waals surface area contributed by atoms with Crippen LogP contribution >= 0.6 is 15.9 Å². The Bertz CT molecular complexity index is 499. The molecular weight excluding hydrogens is 281 g/mol. The fraction of sp³-hybridized carbons (Fsp3) is 0.143. The van der Waals surface area contributed by atoms with Gasteiger partial charge in [0.1, 0.15) is 5.82 Å². The summed E-state index contributed by atoms with van der Waals surface area (Å²) in [6.07, 6.45) is 0.697. The lowest BCUT2D eigenvalue weighted by molar-refractivity contribution is 0.610. The molecule has 0 aliphatic rings. The van der Waals surface area contributed by atoms with Crippen molar-refractivity contribution in [2.45, 2.75) is 12.5 Å². The molecule has 2 aromatic carbocycles. The van der Waals surface area contributed by atoms with Crippen molar-refractivity contribution in [2.24, 2.45) is 5.73 Å². The maximum Gasteiger partial charge on any atom is 0.137 e. The van der Waals surface area contributed by atoms with Gasteiger partial charge in [-0.2, -0.15) is 0 Å². The molecular formula is C14H13BrFN. The Morgan fingerprint density at radius 2 is 1.76 bits per heavy atom. The van der Waals surface area contributed by atoms with Gasteiger partial charge in [0.2, 0.25) is 0 Å². The second-order valence-electron chi connectivity index (χ2n) is 3.94. The lowest BCUT2D eigenvalue weighted by Crippen LogP contribution is -2.14. The molecule has 0 radical (unpaired) electrons. The summed E-state index contributed by atoms with van der Waals surface area (Å²) >= 11 is 3.24. The molecule has 0 amide bonds. The van der Waals surface area contributed by atoms with Crippen molar-refractivity contribution in [1.29, 1.82) is 0 Å². The summed E-state index contributed by atoms with van der Waals surface area (Å²) in [6.45, 7) is 0. The average molecular weight is 294 g/mol. The number of hydrogen-bond donors (Lipinski definition) is 1. The molecule has 0 spiro atoms. The van der Waals surface area contributed by atoms with Crippen LogP contribution in [0.15, 0.2) is 53.0 Å². The van der Waals surface area contributed by atoms with E-state index in [0.717, 1.165) is 11.1 Å². The minimum absolute atomic E-state index is 0.206. The molecule has 0 heterocycles. The lowest BCUT2D eigenvalue weighted by Gasteiger charge is -2.14. The molecule has 17 heavy (non-hydrogen) atoms. The van der Waals surface area contributed by atoms with E-state index in [9.17, 15) is 4.39 Å². The number of benzene rings is 2. The monoisotopic (exact) mass is 293 g/mol. The van der Waals surface area contributed by atoms with Crippen LogP contribution in [0.4, 0.5) is 4.39 Å². The third kappa shape index (κ3) is 2.93. The molecule has 0 fully saturated rings. The minimum Gasteiger partial charge on any atom is -0.324 e. The topological polar surface area (TPSA) is 26.0 Å². The van der Waals surface area contributed by atoms with Crippen molar-refractivity contribution >= 4 is 15.9 Å². The van der Waals surface area contributed by atoms with Gasteiger partial charge in [0.25, 0.3) is 0 Å². The molecule has 1 nitrogen and oxygen atoms in total. The molecule has 3 heteroatoms. The molecule has 0 bridgehead atoms. The van der Waals surface area contributed by atoms with Gasteiger partial charge >= 0.3 is 0 Å². The van der Waals surface area contributed by atoms with Gasteiger partial charge in [-0.3, -0.25) is 0 Å². The molecule has 0 aliphatic heterocycles. The van der Waals surface area contributed by atoms with E-state index < -0.39 is 0 Å². The van der Waals surface area contributed by atoms with Crippen LogP contribution < -0.4 is 5.73 Å². The fourth-order valence-electron chi connectivity index (χ4n) is 1.78. The first-order valence-corrected chi connectivity index (χ1v) is 6.21. The molecule has 0 aromatic heterocycles. The van der Waals surface area contributed by atoms with E-state index in [1.54, 1.807) is 6.07 Å². The van der Waals surface area contributed by atoms with E-state index in [-0.39, 0.29) is 11.9 Å². The first-order chi connectivity index (χ1) is 8.18. The van der Waals surface area contributed by atoms with Crippen molar-refractivity contribution in [1.82, 2.24) is 0 Å². The molecule has 2 aromatic rings. The fourth-order valence-corrected chi connectivity index (χ4v) is 2.34. The lowest BCUT2D eigenvalue weighted by atomic mass is 10.00. The summed E-state index contributed by atoms with van der Waals surface area (Å²) in [7, 11) is 0. The Kier molecular flexibility index (Phi) is 3.92. The second kappa shape index (κ2) is 5.43. The third-order valence-corrected chi connectivity index (χ3v) is 3.52. The normalized spacial score (nSPS) is 12.4. The summed E-state index contributed by atoms with van der Waals surface area (Å²) in [6, 6.07) is 14.7. The maximum atomic E-state index is 13.4. The van der Waals surface area contributed by atoms with E-state index in [1.165, 1.54) is 6.07 Å². The summed E-state index contributed by atoms with van der Waals surface area (Å²) in [4.78, 5) is 0. The summed E-state index contributed by atoms with van der Waals surface area (Å²) in [5.41, 5.74) is 8.05. The highest BCUT2D eigenvalue weighted by Crippen LogP contribution is 2.26. The number of nitrogens with two attached hydrogens (primary N) is 1. The average Bonchev–Trinajstić information content (AvgIpc) is 2.34. The Hall–Kier alpha value is -1.19. The van der Waals surface area contributed by atoms with E-state index >= 15 is 0 Å². The SMILES string of the molecule is NC(Cc1ccccc1)c1cccc(F)c1Br. The van der Waals surface area contributed by atoms with E-state index in [0.29, 0.717) is 10.9 Å². The van der Waals surface area contributed by atoms with Crippen molar-refractivity contribution in [3.8, 4) is 0 Å². The maximum absolute atomic E-state index is 13.4. The smallest absolute Gasteiger partial charge is 0.137 e. The Balaban J connectivity index is 2.20. The molecule has 0 saturated heterocycles. The van der Waals surface area contributed by atoms with Crippen molar-refractivity contribution in [3.63, 3.8) is 0 Å². The highest BCUT2D eigenvalue weighted by atomic mass is 79.9. The van der Waals surface area contributed by atoms with Crippen molar-refractivity contribution in [2.75, 3.05) is 0 Å². The van der Waals surface area contributed by atoms with Crippen molar-refractivity contribution < 1.29 is 4.39 Å². The summed E-state index contributed by atoms with van der Waals surface area (Å²) in [5, 5.41) is 0. The third-order valence-electron chi connectivity index (χ3n) is 2.68. The summed E-state index contributed by atoms with van der Waals surface area (Å²) in [5.74, 6) is -0.272. The van der Waals surface area contributed by atoms with E-state index in [1.807, 2.05) is 36.4 Å². The first kappa shape index (κ1) is 12.3. The number of rotatable bonds is 3. The summed E-state index contributed by atoms with van der Waals surface area (Å²) < 4.78 is 13.8. The molecule has 1 unspecified atom stereocenters. The van der Waals surface area contributed by atoms with Gasteiger partial charge in [0.15, 0.2) is 0 Å². The standard InChI is InChI=1S/C14H13BrFN/c15-14-11(7-4-8-12(14)16)13(17)9-10-5-2-1-3-6-10/h1-8,13H,9,17H2. The molecule has 88 valence electrons. The number of hydrogen-bond acceptors (Lipinski definition) is 1. The van der Waals surface area contributed by atoms with Crippen LogP contribution in [0.3, 0.4) is 0 Å². The van der Waals surface area contributed by atoms with Crippen LogP contribution in [0, 0.1) is 5.82 Å². The minimum atomic E-state index is -0.272. The van der Waals surface area contributed by atoms with Gasteiger partial charge in [0.05, 0.1) is 4.47 Å². The quantitative estimate of drug-likeness (QED) is 0.914. The van der Waals surface area contributed by atoms with E-state index in [4.69, 9.17) is 5.73 Å². The second-order valence-corrected chi connectivity index (χ2v) is 4.73. The van der Waals surface area contributed by atoms with Crippen LogP contribution in [-0.4, -0.2) is 0 Å². The zero-order valence-corrected chi connectivity index (χ0v) is 10.8. The van der Waals surface area contributed by atoms with Gasteiger partial charge < -0.3 is 5.73 Å². The van der Waals surface area contributed by atoms with Crippen LogP contribution in [0.5, 0.6) is 0 Å². The predicted octanol–water partition coefficient (Wildman–Crippen LogP) is 3.83. The Morgan fingerprint density at radius 1 is 1.06 bits per heavy atom. The highest BCUT2D eigenvalue weighted by molar-refractivity contribution is 9.10. The molecule has 0 saturated carbocycles.